The fourth-order valence-electron chi connectivity index (χ4n) is 2.59. The van der Waals surface area contributed by atoms with Gasteiger partial charge in [-0.1, -0.05) is 74.5 Å². The maximum absolute atomic E-state index is 11.1. The smallest absolute Gasteiger partial charge is 0.875 e. The van der Waals surface area contributed by atoms with Crippen molar-refractivity contribution in [1.82, 2.24) is 0 Å². The van der Waals surface area contributed by atoms with Gasteiger partial charge in [0.1, 0.15) is 0 Å². The maximum atomic E-state index is 11.1. The fourth-order valence-corrected chi connectivity index (χ4v) is 2.59. The largest absolute Gasteiger partial charge is 2.00 e. The molecule has 157 valence electrons. The van der Waals surface area contributed by atoms with E-state index in [2.05, 4.69) is 0 Å². The number of carbonyl (C=O) groups excluding carboxylic acids is 2. The molecule has 4 nitrogen and oxygen atoms in total. The van der Waals surface area contributed by atoms with Gasteiger partial charge >= 0.3 is 17.1 Å². The van der Waals surface area contributed by atoms with Gasteiger partial charge in [-0.05, 0) is 49.0 Å². The Morgan fingerprint density at radius 1 is 0.621 bits per heavy atom. The Hall–Kier alpha value is -2.62. The first-order valence-corrected chi connectivity index (χ1v) is 9.05. The van der Waals surface area contributed by atoms with Crippen molar-refractivity contribution in [2.45, 2.75) is 40.5 Å². The molecule has 0 unspecified atom stereocenters. The van der Waals surface area contributed by atoms with Gasteiger partial charge in [0.25, 0.3) is 0 Å². The van der Waals surface area contributed by atoms with Crippen LogP contribution in [0.25, 0.3) is 0 Å². The van der Waals surface area contributed by atoms with Gasteiger partial charge in [0.05, 0.1) is 0 Å². The number of rotatable bonds is 6. The molecular formula is C24H26CuO4. The van der Waals surface area contributed by atoms with Crippen LogP contribution in [0.3, 0.4) is 0 Å². The van der Waals surface area contributed by atoms with E-state index in [4.69, 9.17) is 0 Å². The molecule has 2 rings (SSSR count). The summed E-state index contributed by atoms with van der Waals surface area (Å²) in [5.74, 6) is -0.551. The van der Waals surface area contributed by atoms with Crippen LogP contribution in [0, 0.1) is 0 Å². The van der Waals surface area contributed by atoms with E-state index in [1.807, 2.05) is 60.7 Å². The van der Waals surface area contributed by atoms with Gasteiger partial charge in [-0.3, -0.25) is 9.59 Å². The summed E-state index contributed by atoms with van der Waals surface area (Å²) < 4.78 is 0. The SMILES string of the molecule is CC(=O)/C(Cc1ccccc1)=C(/C)[O-].CC(=O)/C(Cc1ccccc1)=C(/C)[O-].[Cu+2]. The molecule has 0 aromatic heterocycles. The first-order valence-electron chi connectivity index (χ1n) is 9.05. The Labute approximate surface area is 183 Å². The van der Waals surface area contributed by atoms with Crippen molar-refractivity contribution in [2.75, 3.05) is 0 Å². The molecule has 29 heavy (non-hydrogen) atoms. The van der Waals surface area contributed by atoms with E-state index < -0.39 is 0 Å². The van der Waals surface area contributed by atoms with E-state index in [1.54, 1.807) is 0 Å². The van der Waals surface area contributed by atoms with E-state index in [0.29, 0.717) is 24.0 Å². The molecule has 0 fully saturated rings. The molecule has 0 amide bonds. The Bertz CT molecular complexity index is 771. The van der Waals surface area contributed by atoms with Crippen molar-refractivity contribution in [2.24, 2.45) is 0 Å². The van der Waals surface area contributed by atoms with E-state index in [0.717, 1.165) is 11.1 Å². The molecule has 0 atom stereocenters. The molecular weight excluding hydrogens is 416 g/mol. The second-order valence-electron chi connectivity index (χ2n) is 6.51. The number of carbonyl (C=O) groups is 2. The van der Waals surface area contributed by atoms with Crippen LogP contribution in [-0.2, 0) is 39.5 Å². The van der Waals surface area contributed by atoms with Crippen LogP contribution < -0.4 is 10.2 Å². The molecule has 0 N–H and O–H groups in total. The summed E-state index contributed by atoms with van der Waals surface area (Å²) in [6.07, 6.45) is 0.872. The Kier molecular flexibility index (Phi) is 12.3. The van der Waals surface area contributed by atoms with Crippen molar-refractivity contribution in [3.8, 4) is 0 Å². The zero-order valence-electron chi connectivity index (χ0n) is 17.1. The first-order chi connectivity index (χ1) is 13.2. The Morgan fingerprint density at radius 2 is 0.897 bits per heavy atom. The summed E-state index contributed by atoms with van der Waals surface area (Å²) in [4.78, 5) is 22.3. The predicted molar refractivity (Wildman–Crippen MR) is 107 cm³/mol. The topological polar surface area (TPSA) is 80.3 Å². The standard InChI is InChI=1S/2C12H14O2.Cu/c2*1-9(13)12(10(2)14)8-11-6-4-3-5-7-11;/h2*3-7,13H,8H2,1-2H3;/q;;+2/p-2/b2*12-9-;. The van der Waals surface area contributed by atoms with Crippen LogP contribution in [-0.4, -0.2) is 11.6 Å². The summed E-state index contributed by atoms with van der Waals surface area (Å²) in [5, 5.41) is 22.3. The minimum absolute atomic E-state index is 0. The molecule has 1 radical (unpaired) electrons. The second-order valence-corrected chi connectivity index (χ2v) is 6.51. The summed E-state index contributed by atoms with van der Waals surface area (Å²) in [6.45, 7) is 5.72. The zero-order chi connectivity index (χ0) is 21.1. The van der Waals surface area contributed by atoms with Crippen LogP contribution >= 0.6 is 0 Å². The molecule has 0 bridgehead atoms. The maximum Gasteiger partial charge on any atom is 2.00 e. The van der Waals surface area contributed by atoms with Crippen molar-refractivity contribution < 1.29 is 36.9 Å². The molecule has 0 saturated heterocycles. The summed E-state index contributed by atoms with van der Waals surface area (Å²) in [7, 11) is 0. The molecule has 0 aliphatic carbocycles. The normalized spacial score (nSPS) is 11.7. The van der Waals surface area contributed by atoms with Gasteiger partial charge in [-0.2, -0.15) is 0 Å². The minimum atomic E-state index is -0.138. The Morgan fingerprint density at radius 3 is 1.10 bits per heavy atom. The van der Waals surface area contributed by atoms with Crippen LogP contribution in [0.4, 0.5) is 0 Å². The van der Waals surface area contributed by atoms with E-state index in [1.165, 1.54) is 27.7 Å². The number of ketones is 2. The van der Waals surface area contributed by atoms with Gasteiger partial charge in [0.2, 0.25) is 0 Å². The van der Waals surface area contributed by atoms with E-state index in [-0.39, 0.29) is 40.2 Å². The fraction of sp³-hybridized carbons (Fsp3) is 0.250. The molecule has 0 heterocycles. The van der Waals surface area contributed by atoms with Crippen molar-refractivity contribution in [3.05, 3.63) is 94.5 Å². The van der Waals surface area contributed by atoms with Crippen molar-refractivity contribution in [3.63, 3.8) is 0 Å². The average Bonchev–Trinajstić information content (AvgIpc) is 2.65. The van der Waals surface area contributed by atoms with Crippen LogP contribution in [0.5, 0.6) is 0 Å². The number of benzene rings is 2. The van der Waals surface area contributed by atoms with Crippen LogP contribution in [0.2, 0.25) is 0 Å². The molecule has 0 saturated carbocycles. The third-order valence-electron chi connectivity index (χ3n) is 4.15. The predicted octanol–water partition coefficient (Wildman–Crippen LogP) is 2.90. The van der Waals surface area contributed by atoms with Gasteiger partial charge in [0, 0.05) is 0 Å². The molecule has 0 spiro atoms. The third kappa shape index (κ3) is 9.93. The number of Topliss-reactive ketones (excluding diaryl/α,β-unsaturated/α-hetero) is 2. The van der Waals surface area contributed by atoms with E-state index in [9.17, 15) is 19.8 Å². The Balaban J connectivity index is 0.000000523. The minimum Gasteiger partial charge on any atom is -0.875 e. The van der Waals surface area contributed by atoms with Gasteiger partial charge in [-0.25, -0.2) is 0 Å². The molecule has 5 heteroatoms. The second kappa shape index (κ2) is 13.5. The van der Waals surface area contributed by atoms with Gasteiger partial charge in [-0.15, -0.1) is 11.5 Å². The van der Waals surface area contributed by atoms with Gasteiger partial charge in [0.15, 0.2) is 11.6 Å². The molecule has 2 aromatic rings. The number of hydrogen-bond acceptors (Lipinski definition) is 4. The van der Waals surface area contributed by atoms with Crippen LogP contribution in [0.15, 0.2) is 83.3 Å². The zero-order valence-corrected chi connectivity index (χ0v) is 18.1. The average molecular weight is 442 g/mol. The molecule has 2 aromatic carbocycles. The summed E-state index contributed by atoms with van der Waals surface area (Å²) in [5.41, 5.74) is 2.73. The molecule has 0 aliphatic rings. The quantitative estimate of drug-likeness (QED) is 0.392. The number of allylic oxidation sites excluding steroid dienone is 4. The third-order valence-corrected chi connectivity index (χ3v) is 4.15. The number of hydrogen-bond donors (Lipinski definition) is 0. The molecule has 0 aliphatic heterocycles. The van der Waals surface area contributed by atoms with Gasteiger partial charge < -0.3 is 10.2 Å². The summed E-state index contributed by atoms with van der Waals surface area (Å²) in [6, 6.07) is 19.0. The monoisotopic (exact) mass is 441 g/mol. The van der Waals surface area contributed by atoms with E-state index >= 15 is 0 Å². The van der Waals surface area contributed by atoms with Crippen LogP contribution in [0.1, 0.15) is 38.8 Å². The summed E-state index contributed by atoms with van der Waals surface area (Å²) >= 11 is 0. The van der Waals surface area contributed by atoms with Crippen molar-refractivity contribution >= 4 is 11.6 Å². The first kappa shape index (κ1) is 26.4. The van der Waals surface area contributed by atoms with Crippen molar-refractivity contribution in [1.29, 1.82) is 0 Å².